The van der Waals surface area contributed by atoms with Gasteiger partial charge in [-0.15, -0.1) is 0 Å². The van der Waals surface area contributed by atoms with E-state index in [1.54, 1.807) is 48.5 Å². The lowest BCUT2D eigenvalue weighted by molar-refractivity contribution is -0.140. The Labute approximate surface area is 190 Å². The summed E-state index contributed by atoms with van der Waals surface area (Å²) in [6.45, 7) is 0.261. The van der Waals surface area contributed by atoms with E-state index in [4.69, 9.17) is 21.4 Å². The second kappa shape index (κ2) is 10.3. The summed E-state index contributed by atoms with van der Waals surface area (Å²) in [5.74, 6) is -2.00. The molecule has 3 rings (SSSR count). The quantitative estimate of drug-likeness (QED) is 0.250. The average Bonchev–Trinajstić information content (AvgIpc) is 3.03. The molecule has 0 bridgehead atoms. The molecule has 7 nitrogen and oxygen atoms in total. The molecule has 0 spiro atoms. The van der Waals surface area contributed by atoms with Gasteiger partial charge in [0.2, 0.25) is 0 Å². The van der Waals surface area contributed by atoms with E-state index in [2.05, 4.69) is 0 Å². The van der Waals surface area contributed by atoms with E-state index in [-0.39, 0.29) is 24.3 Å². The Kier molecular flexibility index (Phi) is 7.53. The lowest BCUT2D eigenvalue weighted by Crippen LogP contribution is -2.30. The van der Waals surface area contributed by atoms with Crippen molar-refractivity contribution in [2.45, 2.75) is 31.7 Å². The van der Waals surface area contributed by atoms with Gasteiger partial charge in [-0.25, -0.2) is 0 Å². The topological polar surface area (TPSA) is 104 Å². The molecular formula is C24H24ClNO6. The van der Waals surface area contributed by atoms with Crippen LogP contribution in [0.1, 0.15) is 42.9 Å². The Morgan fingerprint density at radius 1 is 1.00 bits per heavy atom. The maximum atomic E-state index is 12.9. The number of ketones is 1. The van der Waals surface area contributed by atoms with Gasteiger partial charge in [-0.2, -0.15) is 0 Å². The van der Waals surface area contributed by atoms with Gasteiger partial charge in [-0.05, 0) is 54.8 Å². The number of methoxy groups -OCH3 is 1. The van der Waals surface area contributed by atoms with E-state index in [9.17, 15) is 19.5 Å². The maximum Gasteiger partial charge on any atom is 0.303 e. The number of rotatable bonds is 9. The first kappa shape index (κ1) is 23.3. The number of aliphatic hydroxyl groups is 1. The zero-order valence-corrected chi connectivity index (χ0v) is 18.3. The molecule has 0 aromatic heterocycles. The highest BCUT2D eigenvalue weighted by Gasteiger charge is 2.45. The third-order valence-electron chi connectivity index (χ3n) is 5.38. The van der Waals surface area contributed by atoms with Crippen LogP contribution >= 0.6 is 11.6 Å². The molecule has 2 aromatic carbocycles. The van der Waals surface area contributed by atoms with Crippen molar-refractivity contribution in [2.75, 3.05) is 13.7 Å². The summed E-state index contributed by atoms with van der Waals surface area (Å²) in [5.41, 5.74) is 1.05. The largest absolute Gasteiger partial charge is 0.507 e. The molecule has 168 valence electrons. The van der Waals surface area contributed by atoms with Crippen LogP contribution in [0.4, 0.5) is 0 Å². The predicted octanol–water partition coefficient (Wildman–Crippen LogP) is 4.42. The van der Waals surface area contributed by atoms with Crippen molar-refractivity contribution in [3.05, 3.63) is 70.3 Å². The molecule has 8 heteroatoms. The van der Waals surface area contributed by atoms with E-state index in [0.29, 0.717) is 41.2 Å². The lowest BCUT2D eigenvalue weighted by Gasteiger charge is -2.25. The van der Waals surface area contributed by atoms with Crippen LogP contribution in [0.2, 0.25) is 5.02 Å². The molecule has 1 atom stereocenters. The normalized spacial score (nSPS) is 17.6. The van der Waals surface area contributed by atoms with Crippen LogP contribution in [-0.4, -0.2) is 46.4 Å². The number of ether oxygens (including phenoxy) is 1. The smallest absolute Gasteiger partial charge is 0.303 e. The maximum absolute atomic E-state index is 12.9. The fourth-order valence-electron chi connectivity index (χ4n) is 3.74. The summed E-state index contributed by atoms with van der Waals surface area (Å²) in [5, 5.41) is 20.3. The second-order valence-corrected chi connectivity index (χ2v) is 7.91. The number of nitrogens with zero attached hydrogens (tertiary/aromatic N) is 1. The number of carbonyl (C=O) groups is 3. The summed E-state index contributed by atoms with van der Waals surface area (Å²) >= 11 is 6.01. The number of carboxylic acid groups (broad SMARTS) is 1. The number of carbonyl (C=O) groups excluding carboxylic acids is 2. The average molecular weight is 458 g/mol. The second-order valence-electron chi connectivity index (χ2n) is 7.48. The zero-order chi connectivity index (χ0) is 23.3. The van der Waals surface area contributed by atoms with E-state index in [0.717, 1.165) is 0 Å². The number of aliphatic hydroxyl groups excluding tert-OH is 1. The highest BCUT2D eigenvalue weighted by atomic mass is 35.5. The van der Waals surface area contributed by atoms with E-state index in [1.807, 2.05) is 0 Å². The van der Waals surface area contributed by atoms with Crippen molar-refractivity contribution < 1.29 is 29.3 Å². The number of unbranched alkanes of at least 4 members (excludes halogenated alkanes) is 2. The SMILES string of the molecule is COc1ccc(C(O)=C2C(=O)C(=O)N(CCCCCC(=O)O)C2c2ccc(Cl)cc2)cc1. The van der Waals surface area contributed by atoms with Crippen LogP contribution in [0.3, 0.4) is 0 Å². The Bertz CT molecular complexity index is 1030. The third kappa shape index (κ3) is 5.11. The molecule has 1 saturated heterocycles. The van der Waals surface area contributed by atoms with Gasteiger partial charge in [0.15, 0.2) is 0 Å². The van der Waals surface area contributed by atoms with Gasteiger partial charge in [-0.1, -0.05) is 30.2 Å². The van der Waals surface area contributed by atoms with E-state index in [1.165, 1.54) is 12.0 Å². The number of likely N-dealkylation sites (tertiary alicyclic amines) is 1. The van der Waals surface area contributed by atoms with Crippen LogP contribution < -0.4 is 4.74 Å². The summed E-state index contributed by atoms with van der Waals surface area (Å²) < 4.78 is 5.13. The van der Waals surface area contributed by atoms with E-state index < -0.39 is 23.7 Å². The van der Waals surface area contributed by atoms with Crippen molar-refractivity contribution in [2.24, 2.45) is 0 Å². The Hall–Kier alpha value is -3.32. The first-order valence-electron chi connectivity index (χ1n) is 10.2. The summed E-state index contributed by atoms with van der Waals surface area (Å²) in [6, 6.07) is 12.5. The van der Waals surface area contributed by atoms with Gasteiger partial charge in [0, 0.05) is 23.6 Å². The highest BCUT2D eigenvalue weighted by molar-refractivity contribution is 6.46. The van der Waals surface area contributed by atoms with Gasteiger partial charge in [0.05, 0.1) is 18.7 Å². The molecule has 2 N–H and O–H groups in total. The van der Waals surface area contributed by atoms with E-state index >= 15 is 0 Å². The van der Waals surface area contributed by atoms with Gasteiger partial charge >= 0.3 is 5.97 Å². The molecular weight excluding hydrogens is 434 g/mol. The number of aliphatic carboxylic acids is 1. The predicted molar refractivity (Wildman–Crippen MR) is 120 cm³/mol. The minimum absolute atomic E-state index is 0.00743. The molecule has 1 fully saturated rings. The van der Waals surface area contributed by atoms with Gasteiger partial charge in [-0.3, -0.25) is 14.4 Å². The molecule has 0 aliphatic carbocycles. The van der Waals surface area contributed by atoms with Crippen LogP contribution in [0.5, 0.6) is 5.75 Å². The van der Waals surface area contributed by atoms with Crippen LogP contribution in [-0.2, 0) is 14.4 Å². The minimum atomic E-state index is -0.869. The molecule has 1 aliphatic heterocycles. The molecule has 1 heterocycles. The minimum Gasteiger partial charge on any atom is -0.507 e. The van der Waals surface area contributed by atoms with Crippen molar-refractivity contribution in [3.63, 3.8) is 0 Å². The fourth-order valence-corrected chi connectivity index (χ4v) is 3.87. The number of carboxylic acids is 1. The first-order chi connectivity index (χ1) is 15.3. The number of hydrogen-bond acceptors (Lipinski definition) is 5. The fraction of sp³-hybridized carbons (Fsp3) is 0.292. The summed E-state index contributed by atoms with van der Waals surface area (Å²) in [7, 11) is 1.53. The van der Waals surface area contributed by atoms with Gasteiger partial charge in [0.1, 0.15) is 11.5 Å². The highest BCUT2D eigenvalue weighted by Crippen LogP contribution is 2.40. The van der Waals surface area contributed by atoms with Gasteiger partial charge in [0.25, 0.3) is 11.7 Å². The standard InChI is InChI=1S/C24H24ClNO6/c1-32-18-12-8-16(9-13-18)22(29)20-21(15-6-10-17(25)11-7-15)26(24(31)23(20)30)14-4-2-3-5-19(27)28/h6-13,21,29H,2-5,14H2,1H3,(H,27,28). The molecule has 0 saturated carbocycles. The lowest BCUT2D eigenvalue weighted by atomic mass is 9.95. The summed E-state index contributed by atoms with van der Waals surface area (Å²) in [6.07, 6.45) is 1.67. The Morgan fingerprint density at radius 2 is 1.66 bits per heavy atom. The van der Waals surface area contributed by atoms with Gasteiger partial charge < -0.3 is 19.8 Å². The first-order valence-corrected chi connectivity index (χ1v) is 10.6. The number of halogens is 1. The Balaban J connectivity index is 1.96. The van der Waals surface area contributed by atoms with Crippen LogP contribution in [0, 0.1) is 0 Å². The zero-order valence-electron chi connectivity index (χ0n) is 17.6. The number of Topliss-reactive ketones (excluding diaryl/α,β-unsaturated/α-hetero) is 1. The molecule has 1 aliphatic rings. The molecule has 2 aromatic rings. The third-order valence-corrected chi connectivity index (χ3v) is 5.63. The number of benzene rings is 2. The van der Waals surface area contributed by atoms with Crippen molar-refractivity contribution >= 4 is 35.0 Å². The molecule has 1 amide bonds. The summed E-state index contributed by atoms with van der Waals surface area (Å²) in [4.78, 5) is 38.0. The van der Waals surface area contributed by atoms with Crippen LogP contribution in [0.25, 0.3) is 5.76 Å². The molecule has 32 heavy (non-hydrogen) atoms. The monoisotopic (exact) mass is 457 g/mol. The number of amides is 1. The Morgan fingerprint density at radius 3 is 2.25 bits per heavy atom. The number of hydrogen-bond donors (Lipinski definition) is 2. The van der Waals surface area contributed by atoms with Crippen LogP contribution in [0.15, 0.2) is 54.1 Å². The molecule has 1 unspecified atom stereocenters. The van der Waals surface area contributed by atoms with Crippen molar-refractivity contribution in [1.82, 2.24) is 4.90 Å². The molecule has 0 radical (unpaired) electrons. The van der Waals surface area contributed by atoms with Crippen molar-refractivity contribution in [1.29, 1.82) is 0 Å². The van der Waals surface area contributed by atoms with Crippen molar-refractivity contribution in [3.8, 4) is 5.75 Å².